The van der Waals surface area contributed by atoms with Crippen molar-refractivity contribution in [1.82, 2.24) is 10.2 Å². The molecule has 2 N–H and O–H groups in total. The highest BCUT2D eigenvalue weighted by atomic mass is 19.1. The average molecular weight is 370 g/mol. The first-order valence-corrected chi connectivity index (χ1v) is 9.44. The summed E-state index contributed by atoms with van der Waals surface area (Å²) in [6, 6.07) is 12.3. The van der Waals surface area contributed by atoms with Crippen molar-refractivity contribution in [3.05, 3.63) is 65.0 Å². The molecule has 2 aromatic carbocycles. The summed E-state index contributed by atoms with van der Waals surface area (Å²) >= 11 is 0. The zero-order valence-electron chi connectivity index (χ0n) is 15.9. The number of nitrogens with one attached hydrogen (secondary N) is 1. The van der Waals surface area contributed by atoms with Crippen molar-refractivity contribution in [1.29, 1.82) is 0 Å². The lowest BCUT2D eigenvalue weighted by Crippen LogP contribution is -2.33. The van der Waals surface area contributed by atoms with Crippen LogP contribution < -0.4 is 5.32 Å². The minimum Gasteiger partial charge on any atom is -0.508 e. The molecule has 0 aromatic heterocycles. The first-order chi connectivity index (χ1) is 12.9. The van der Waals surface area contributed by atoms with Crippen LogP contribution in [-0.4, -0.2) is 36.1 Å². The molecule has 0 heterocycles. The van der Waals surface area contributed by atoms with E-state index in [4.69, 9.17) is 0 Å². The molecule has 0 spiro atoms. The number of phenols is 1. The quantitative estimate of drug-likeness (QED) is 0.783. The monoisotopic (exact) mass is 370 g/mol. The number of likely N-dealkylation sites (N-methyl/N-ethyl adjacent to an activating group) is 1. The van der Waals surface area contributed by atoms with Crippen LogP contribution in [0.25, 0.3) is 0 Å². The summed E-state index contributed by atoms with van der Waals surface area (Å²) < 4.78 is 13.3. The normalized spacial score (nSPS) is 17.0. The van der Waals surface area contributed by atoms with Crippen molar-refractivity contribution in [2.75, 3.05) is 14.1 Å². The standard InChI is InChI=1S/C22H27FN2O2/c1-25(2)18(13-15-3-8-19(26)9-4-15)7-12-22(27)24-21-11-5-16-14-17(23)6-10-20(16)21/h3-4,6,8-10,14,18,21,26H,5,7,11-13H2,1-2H3,(H,24,27)/t18-,21?/m1/s1. The van der Waals surface area contributed by atoms with Gasteiger partial charge >= 0.3 is 0 Å². The molecule has 5 heteroatoms. The van der Waals surface area contributed by atoms with Gasteiger partial charge in [-0.05, 0) is 80.7 Å². The Morgan fingerprint density at radius 2 is 2.00 bits per heavy atom. The highest BCUT2D eigenvalue weighted by molar-refractivity contribution is 5.76. The van der Waals surface area contributed by atoms with Gasteiger partial charge in [0.05, 0.1) is 6.04 Å². The van der Waals surface area contributed by atoms with Crippen molar-refractivity contribution in [2.24, 2.45) is 0 Å². The van der Waals surface area contributed by atoms with E-state index in [0.29, 0.717) is 6.42 Å². The van der Waals surface area contributed by atoms with Crippen LogP contribution in [0, 0.1) is 5.82 Å². The predicted molar refractivity (Wildman–Crippen MR) is 104 cm³/mol. The Morgan fingerprint density at radius 3 is 2.70 bits per heavy atom. The summed E-state index contributed by atoms with van der Waals surface area (Å²) in [5, 5.41) is 12.5. The Hall–Kier alpha value is -2.40. The van der Waals surface area contributed by atoms with Gasteiger partial charge in [0.15, 0.2) is 0 Å². The highest BCUT2D eigenvalue weighted by Gasteiger charge is 2.24. The van der Waals surface area contributed by atoms with Gasteiger partial charge in [-0.15, -0.1) is 0 Å². The topological polar surface area (TPSA) is 52.6 Å². The predicted octanol–water partition coefficient (Wildman–Crippen LogP) is 3.59. The number of fused-ring (bicyclic) bond motifs is 1. The third kappa shape index (κ3) is 5.07. The maximum Gasteiger partial charge on any atom is 0.220 e. The Morgan fingerprint density at radius 1 is 1.26 bits per heavy atom. The SMILES string of the molecule is CN(C)[C@H](CCC(=O)NC1CCc2cc(F)ccc21)Cc1ccc(O)cc1. The molecule has 0 saturated carbocycles. The van der Waals surface area contributed by atoms with Crippen molar-refractivity contribution in [3.63, 3.8) is 0 Å². The van der Waals surface area contributed by atoms with Crippen LogP contribution in [0.5, 0.6) is 5.75 Å². The maximum atomic E-state index is 13.3. The maximum absolute atomic E-state index is 13.3. The summed E-state index contributed by atoms with van der Waals surface area (Å²) in [4.78, 5) is 14.6. The molecular weight excluding hydrogens is 343 g/mol. The molecule has 1 amide bonds. The van der Waals surface area contributed by atoms with E-state index in [-0.39, 0.29) is 29.6 Å². The van der Waals surface area contributed by atoms with Gasteiger partial charge in [0.25, 0.3) is 0 Å². The van der Waals surface area contributed by atoms with E-state index in [2.05, 4.69) is 10.2 Å². The van der Waals surface area contributed by atoms with E-state index >= 15 is 0 Å². The molecule has 2 atom stereocenters. The van der Waals surface area contributed by atoms with E-state index in [1.54, 1.807) is 24.3 Å². The van der Waals surface area contributed by atoms with Gasteiger partial charge in [-0.3, -0.25) is 4.79 Å². The third-order valence-corrected chi connectivity index (χ3v) is 5.36. The van der Waals surface area contributed by atoms with E-state index < -0.39 is 0 Å². The molecule has 0 saturated heterocycles. The van der Waals surface area contributed by atoms with Crippen LogP contribution in [0.2, 0.25) is 0 Å². The largest absolute Gasteiger partial charge is 0.508 e. The number of rotatable bonds is 7. The van der Waals surface area contributed by atoms with Gasteiger partial charge < -0.3 is 15.3 Å². The van der Waals surface area contributed by atoms with Gasteiger partial charge in [0.2, 0.25) is 5.91 Å². The molecule has 0 radical (unpaired) electrons. The van der Waals surface area contributed by atoms with E-state index in [1.165, 1.54) is 6.07 Å². The lowest BCUT2D eigenvalue weighted by molar-refractivity contribution is -0.122. The van der Waals surface area contributed by atoms with Crippen molar-refractivity contribution < 1.29 is 14.3 Å². The third-order valence-electron chi connectivity index (χ3n) is 5.36. The molecule has 3 rings (SSSR count). The van der Waals surface area contributed by atoms with Crippen LogP contribution in [0.15, 0.2) is 42.5 Å². The molecule has 0 bridgehead atoms. The fraction of sp³-hybridized carbons (Fsp3) is 0.409. The van der Waals surface area contributed by atoms with Gasteiger partial charge in [-0.1, -0.05) is 18.2 Å². The lowest BCUT2D eigenvalue weighted by atomic mass is 10.0. The number of amides is 1. The van der Waals surface area contributed by atoms with Crippen LogP contribution in [0.1, 0.15) is 42.0 Å². The number of halogens is 1. The zero-order valence-corrected chi connectivity index (χ0v) is 15.9. The van der Waals surface area contributed by atoms with Crippen molar-refractivity contribution in [3.8, 4) is 5.75 Å². The zero-order chi connectivity index (χ0) is 19.4. The Labute approximate surface area is 160 Å². The second kappa shape index (κ2) is 8.53. The molecule has 4 nitrogen and oxygen atoms in total. The fourth-order valence-corrected chi connectivity index (χ4v) is 3.75. The first kappa shape index (κ1) is 19.4. The Kier molecular flexibility index (Phi) is 6.11. The molecule has 1 aliphatic carbocycles. The highest BCUT2D eigenvalue weighted by Crippen LogP contribution is 2.31. The molecule has 1 unspecified atom stereocenters. The Bertz CT molecular complexity index is 789. The minimum atomic E-state index is -0.219. The molecule has 1 aliphatic rings. The summed E-state index contributed by atoms with van der Waals surface area (Å²) in [5.41, 5.74) is 3.18. The number of aromatic hydroxyl groups is 1. The van der Waals surface area contributed by atoms with Gasteiger partial charge in [0.1, 0.15) is 11.6 Å². The smallest absolute Gasteiger partial charge is 0.220 e. The van der Waals surface area contributed by atoms with Gasteiger partial charge in [-0.2, -0.15) is 0 Å². The number of carbonyl (C=O) groups excluding carboxylic acids is 1. The molecule has 144 valence electrons. The number of carbonyl (C=O) groups is 1. The average Bonchev–Trinajstić information content (AvgIpc) is 3.01. The van der Waals surface area contributed by atoms with Crippen molar-refractivity contribution in [2.45, 2.75) is 44.2 Å². The van der Waals surface area contributed by atoms with Crippen LogP contribution in [0.4, 0.5) is 4.39 Å². The van der Waals surface area contributed by atoms with Crippen LogP contribution in [-0.2, 0) is 17.6 Å². The lowest BCUT2D eigenvalue weighted by Gasteiger charge is -2.24. The summed E-state index contributed by atoms with van der Waals surface area (Å²) in [6.07, 6.45) is 3.66. The minimum absolute atomic E-state index is 0.0111. The van der Waals surface area contributed by atoms with E-state index in [9.17, 15) is 14.3 Å². The number of hydrogen-bond donors (Lipinski definition) is 2. The molecule has 27 heavy (non-hydrogen) atoms. The number of nitrogens with zero attached hydrogens (tertiary/aromatic N) is 1. The van der Waals surface area contributed by atoms with Gasteiger partial charge in [0, 0.05) is 12.5 Å². The summed E-state index contributed by atoms with van der Waals surface area (Å²) in [6.45, 7) is 0. The number of aryl methyl sites for hydroxylation is 1. The molecule has 0 aliphatic heterocycles. The second-order valence-corrected chi connectivity index (χ2v) is 7.53. The molecule has 2 aromatic rings. The molecular formula is C22H27FN2O2. The Balaban J connectivity index is 1.53. The van der Waals surface area contributed by atoms with Crippen molar-refractivity contribution >= 4 is 5.91 Å². The fourth-order valence-electron chi connectivity index (χ4n) is 3.75. The number of phenolic OH excluding ortho intramolecular Hbond substituents is 1. The summed E-state index contributed by atoms with van der Waals surface area (Å²) in [5.74, 6) is 0.0785. The number of hydrogen-bond acceptors (Lipinski definition) is 3. The number of benzene rings is 2. The summed E-state index contributed by atoms with van der Waals surface area (Å²) in [7, 11) is 4.04. The van der Waals surface area contributed by atoms with E-state index in [0.717, 1.165) is 42.4 Å². The van der Waals surface area contributed by atoms with Crippen LogP contribution in [0.3, 0.4) is 0 Å². The molecule has 0 fully saturated rings. The first-order valence-electron chi connectivity index (χ1n) is 9.44. The second-order valence-electron chi connectivity index (χ2n) is 7.53. The van der Waals surface area contributed by atoms with Crippen LogP contribution >= 0.6 is 0 Å². The van der Waals surface area contributed by atoms with E-state index in [1.807, 2.05) is 26.2 Å². The van der Waals surface area contributed by atoms with Gasteiger partial charge in [-0.25, -0.2) is 4.39 Å².